The molecule has 1 aliphatic heterocycles. The highest BCUT2D eigenvalue weighted by molar-refractivity contribution is 6.07. The monoisotopic (exact) mass is 683 g/mol. The van der Waals surface area contributed by atoms with E-state index in [0.717, 1.165) is 72.4 Å². The molecule has 0 fully saturated rings. The molecule has 0 aliphatic carbocycles. The second-order valence-corrected chi connectivity index (χ2v) is 14.0. The Bertz CT molecular complexity index is 2840. The van der Waals surface area contributed by atoms with Gasteiger partial charge in [-0.1, -0.05) is 135 Å². The minimum atomic E-state index is -0.247. The molecule has 0 amide bonds. The van der Waals surface area contributed by atoms with Crippen molar-refractivity contribution in [3.8, 4) is 67.9 Å². The van der Waals surface area contributed by atoms with Crippen molar-refractivity contribution in [1.29, 1.82) is 0 Å². The van der Waals surface area contributed by atoms with Crippen molar-refractivity contribution in [2.24, 2.45) is 0 Å². The number of nitrogens with zero attached hydrogens (tertiary/aromatic N) is 3. The lowest BCUT2D eigenvalue weighted by atomic mass is 9.73. The lowest BCUT2D eigenvalue weighted by molar-refractivity contribution is 0.419. The lowest BCUT2D eigenvalue weighted by Crippen LogP contribution is -2.25. The first kappa shape index (κ1) is 30.9. The molecule has 0 N–H and O–H groups in total. The smallest absolute Gasteiger partial charge is 0.164 e. The van der Waals surface area contributed by atoms with Gasteiger partial charge < -0.3 is 9.15 Å². The number of ether oxygens (including phenoxy) is 1. The van der Waals surface area contributed by atoms with Crippen molar-refractivity contribution in [1.82, 2.24) is 15.0 Å². The average Bonchev–Trinajstić information content (AvgIpc) is 3.58. The highest BCUT2D eigenvalue weighted by atomic mass is 16.5. The second kappa shape index (κ2) is 12.1. The molecule has 0 saturated carbocycles. The minimum absolute atomic E-state index is 0.247. The summed E-state index contributed by atoms with van der Waals surface area (Å²) >= 11 is 0. The van der Waals surface area contributed by atoms with Crippen molar-refractivity contribution in [3.63, 3.8) is 0 Å². The summed E-state index contributed by atoms with van der Waals surface area (Å²) in [6.45, 7) is 4.54. The Labute approximate surface area is 307 Å². The van der Waals surface area contributed by atoms with E-state index in [1.54, 1.807) is 0 Å². The number of rotatable bonds is 5. The summed E-state index contributed by atoms with van der Waals surface area (Å²) < 4.78 is 13.0. The van der Waals surface area contributed by atoms with Crippen molar-refractivity contribution < 1.29 is 9.15 Å². The Kier molecular flexibility index (Phi) is 7.08. The molecule has 9 aromatic rings. The topological polar surface area (TPSA) is 61.0 Å². The van der Waals surface area contributed by atoms with Crippen molar-refractivity contribution >= 4 is 21.9 Å². The van der Waals surface area contributed by atoms with Crippen LogP contribution in [-0.4, -0.2) is 15.0 Å². The van der Waals surface area contributed by atoms with E-state index in [-0.39, 0.29) is 5.41 Å². The van der Waals surface area contributed by atoms with Gasteiger partial charge in [0.1, 0.15) is 22.7 Å². The van der Waals surface area contributed by atoms with E-state index in [0.29, 0.717) is 17.5 Å². The molecule has 5 nitrogen and oxygen atoms in total. The van der Waals surface area contributed by atoms with Gasteiger partial charge in [0.2, 0.25) is 0 Å². The van der Waals surface area contributed by atoms with Crippen molar-refractivity contribution in [2.45, 2.75) is 19.3 Å². The lowest BCUT2D eigenvalue weighted by Gasteiger charge is -2.36. The van der Waals surface area contributed by atoms with Gasteiger partial charge in [-0.05, 0) is 64.7 Å². The quantitative estimate of drug-likeness (QED) is 0.181. The summed E-state index contributed by atoms with van der Waals surface area (Å²) in [5.74, 6) is 3.61. The predicted octanol–water partition coefficient (Wildman–Crippen LogP) is 12.5. The highest BCUT2D eigenvalue weighted by Crippen LogP contribution is 2.51. The summed E-state index contributed by atoms with van der Waals surface area (Å²) in [5.41, 5.74) is 10.9. The van der Waals surface area contributed by atoms with Gasteiger partial charge in [0.05, 0.1) is 0 Å². The standard InChI is InChI=1S/C48H33N3O2/c1-48(2)39-20-9-10-21-40(39)52-41-22-12-19-36(44(41)48)33-23-25-37-38-26-24-35(29-43(38)53-42(37)28-33)47-50-45(31-15-7-4-8-16-31)49-46(51-47)34-18-11-17-32(27-34)30-13-5-3-6-14-30/h3-29H,1-2H3. The predicted molar refractivity (Wildman–Crippen MR) is 213 cm³/mol. The van der Waals surface area contributed by atoms with Gasteiger partial charge in [-0.2, -0.15) is 0 Å². The summed E-state index contributed by atoms with van der Waals surface area (Å²) in [5, 5.41) is 2.09. The maximum absolute atomic E-state index is 6.62. The van der Waals surface area contributed by atoms with Crippen LogP contribution in [0.4, 0.5) is 0 Å². The Morgan fingerprint density at radius 3 is 1.68 bits per heavy atom. The normalized spacial score (nSPS) is 13.0. The van der Waals surface area contributed by atoms with Gasteiger partial charge >= 0.3 is 0 Å². The molecule has 3 heterocycles. The largest absolute Gasteiger partial charge is 0.457 e. The Morgan fingerprint density at radius 1 is 0.415 bits per heavy atom. The third-order valence-corrected chi connectivity index (χ3v) is 10.4. The number of benzene rings is 7. The maximum atomic E-state index is 6.62. The molecule has 53 heavy (non-hydrogen) atoms. The van der Waals surface area contributed by atoms with Crippen LogP contribution in [0, 0.1) is 0 Å². The van der Waals surface area contributed by atoms with Crippen LogP contribution in [0.5, 0.6) is 11.5 Å². The van der Waals surface area contributed by atoms with Gasteiger partial charge in [-0.25, -0.2) is 15.0 Å². The van der Waals surface area contributed by atoms with E-state index in [4.69, 9.17) is 24.1 Å². The molecule has 7 aromatic carbocycles. The van der Waals surface area contributed by atoms with Gasteiger partial charge in [0, 0.05) is 44.0 Å². The number of furan rings is 1. The van der Waals surface area contributed by atoms with Crippen LogP contribution in [-0.2, 0) is 5.41 Å². The van der Waals surface area contributed by atoms with Crippen LogP contribution in [0.15, 0.2) is 168 Å². The highest BCUT2D eigenvalue weighted by Gasteiger charge is 2.36. The fourth-order valence-electron chi connectivity index (χ4n) is 7.73. The zero-order chi connectivity index (χ0) is 35.5. The van der Waals surface area contributed by atoms with E-state index in [9.17, 15) is 0 Å². The molecule has 10 rings (SSSR count). The molecule has 2 aromatic heterocycles. The number of hydrogen-bond donors (Lipinski definition) is 0. The minimum Gasteiger partial charge on any atom is -0.457 e. The number of hydrogen-bond acceptors (Lipinski definition) is 5. The Hall–Kier alpha value is -6.85. The van der Waals surface area contributed by atoms with Gasteiger partial charge in [0.15, 0.2) is 17.5 Å². The first-order valence-electron chi connectivity index (χ1n) is 17.8. The van der Waals surface area contributed by atoms with Crippen molar-refractivity contribution in [3.05, 3.63) is 175 Å². The van der Waals surface area contributed by atoms with Crippen LogP contribution < -0.4 is 4.74 Å². The van der Waals surface area contributed by atoms with Crippen LogP contribution in [0.25, 0.3) is 78.4 Å². The molecule has 0 spiro atoms. The molecule has 0 atom stereocenters. The number of fused-ring (bicyclic) bond motifs is 5. The summed E-state index contributed by atoms with van der Waals surface area (Å²) in [7, 11) is 0. The van der Waals surface area contributed by atoms with Crippen molar-refractivity contribution in [2.75, 3.05) is 0 Å². The maximum Gasteiger partial charge on any atom is 0.164 e. The zero-order valence-corrected chi connectivity index (χ0v) is 29.2. The summed E-state index contributed by atoms with van der Waals surface area (Å²) in [4.78, 5) is 15.0. The average molecular weight is 684 g/mol. The van der Waals surface area contributed by atoms with E-state index in [2.05, 4.69) is 123 Å². The Morgan fingerprint density at radius 2 is 0.943 bits per heavy atom. The van der Waals surface area contributed by atoms with E-state index in [1.165, 1.54) is 11.1 Å². The van der Waals surface area contributed by atoms with Crippen LogP contribution in [0.2, 0.25) is 0 Å². The molecule has 0 saturated heterocycles. The third kappa shape index (κ3) is 5.28. The fraction of sp³-hybridized carbons (Fsp3) is 0.0625. The molecular weight excluding hydrogens is 651 g/mol. The van der Waals surface area contributed by atoms with E-state index >= 15 is 0 Å². The molecule has 0 unspecified atom stereocenters. The van der Waals surface area contributed by atoms with Gasteiger partial charge in [-0.3, -0.25) is 0 Å². The Balaban J connectivity index is 1.07. The summed E-state index contributed by atoms with van der Waals surface area (Å²) in [6, 6.07) is 56.1. The molecule has 252 valence electrons. The van der Waals surface area contributed by atoms with Crippen LogP contribution in [0.1, 0.15) is 25.0 Å². The second-order valence-electron chi connectivity index (χ2n) is 14.0. The van der Waals surface area contributed by atoms with E-state index < -0.39 is 0 Å². The molecule has 1 aliphatic rings. The molecular formula is C48H33N3O2. The third-order valence-electron chi connectivity index (χ3n) is 10.4. The van der Waals surface area contributed by atoms with Gasteiger partial charge in [0.25, 0.3) is 0 Å². The molecule has 5 heteroatoms. The number of para-hydroxylation sites is 1. The fourth-order valence-corrected chi connectivity index (χ4v) is 7.73. The van der Waals surface area contributed by atoms with E-state index in [1.807, 2.05) is 54.6 Å². The van der Waals surface area contributed by atoms with Crippen LogP contribution >= 0.6 is 0 Å². The molecule has 0 radical (unpaired) electrons. The summed E-state index contributed by atoms with van der Waals surface area (Å²) in [6.07, 6.45) is 0. The first-order chi connectivity index (χ1) is 26.0. The van der Waals surface area contributed by atoms with Crippen LogP contribution in [0.3, 0.4) is 0 Å². The molecule has 0 bridgehead atoms. The number of aromatic nitrogens is 3. The first-order valence-corrected chi connectivity index (χ1v) is 17.8. The van der Waals surface area contributed by atoms with Gasteiger partial charge in [-0.15, -0.1) is 0 Å². The zero-order valence-electron chi connectivity index (χ0n) is 29.2. The SMILES string of the molecule is CC1(C)c2ccccc2Oc2cccc(-c3ccc4c(c3)oc3cc(-c5nc(-c6ccccc6)nc(-c6cccc(-c7ccccc7)c6)n5)ccc34)c21.